The first kappa shape index (κ1) is 16.7. The van der Waals surface area contributed by atoms with E-state index in [9.17, 15) is 0 Å². The maximum absolute atomic E-state index is 6.12. The van der Waals surface area contributed by atoms with E-state index in [0.717, 1.165) is 27.6 Å². The lowest BCUT2D eigenvalue weighted by atomic mass is 9.96. The second-order valence-corrected chi connectivity index (χ2v) is 7.05. The van der Waals surface area contributed by atoms with Gasteiger partial charge in [-0.25, -0.2) is 4.98 Å². The van der Waals surface area contributed by atoms with Gasteiger partial charge in [0.1, 0.15) is 6.04 Å². The second-order valence-electron chi connectivity index (χ2n) is 6.62. The van der Waals surface area contributed by atoms with Gasteiger partial charge in [-0.1, -0.05) is 41.9 Å². The van der Waals surface area contributed by atoms with Crippen molar-refractivity contribution in [2.45, 2.75) is 19.9 Å². The van der Waals surface area contributed by atoms with E-state index in [1.165, 1.54) is 16.5 Å². The van der Waals surface area contributed by atoms with Crippen molar-refractivity contribution >= 4 is 28.3 Å². The van der Waals surface area contributed by atoms with Crippen LogP contribution in [0.15, 0.2) is 66.9 Å². The first-order valence-corrected chi connectivity index (χ1v) is 9.07. The number of pyridine rings is 1. The van der Waals surface area contributed by atoms with Crippen molar-refractivity contribution in [2.24, 2.45) is 0 Å². The van der Waals surface area contributed by atoms with Gasteiger partial charge in [-0.05, 0) is 43.7 Å². The lowest BCUT2D eigenvalue weighted by Gasteiger charge is -2.16. The van der Waals surface area contributed by atoms with E-state index in [1.807, 2.05) is 18.3 Å². The Morgan fingerprint density at radius 2 is 1.77 bits per heavy atom. The highest BCUT2D eigenvalue weighted by Gasteiger charge is 2.25. The topological polar surface area (TPSA) is 42.0 Å². The number of halogens is 1. The number of aromatic nitrogens is 2. The summed E-state index contributed by atoms with van der Waals surface area (Å²) in [6.07, 6.45) is 1.96. The number of rotatable bonds is 4. The molecule has 0 bridgehead atoms. The van der Waals surface area contributed by atoms with Crippen LogP contribution in [0.1, 0.15) is 28.4 Å². The zero-order valence-corrected chi connectivity index (χ0v) is 15.6. The molecule has 0 aliphatic heterocycles. The number of anilines is 1. The smallest absolute Gasteiger partial charge is 0.273 e. The van der Waals surface area contributed by atoms with Crippen molar-refractivity contribution in [1.82, 2.24) is 4.98 Å². The zero-order valence-electron chi connectivity index (χ0n) is 14.8. The van der Waals surface area contributed by atoms with Crippen molar-refractivity contribution < 1.29 is 4.98 Å². The Balaban J connectivity index is 1.87. The highest BCUT2D eigenvalue weighted by atomic mass is 35.5. The van der Waals surface area contributed by atoms with Gasteiger partial charge in [0.25, 0.3) is 5.82 Å². The Hall–Kier alpha value is -2.78. The van der Waals surface area contributed by atoms with E-state index < -0.39 is 0 Å². The van der Waals surface area contributed by atoms with Crippen molar-refractivity contribution in [2.75, 3.05) is 5.32 Å². The molecule has 4 heteroatoms. The molecule has 2 aromatic carbocycles. The molecule has 0 saturated carbocycles. The number of H-pyrrole nitrogens is 2. The molecule has 0 aliphatic rings. The van der Waals surface area contributed by atoms with Gasteiger partial charge >= 0.3 is 0 Å². The minimum absolute atomic E-state index is 0.00136. The number of nitrogens with one attached hydrogen (secondary N) is 3. The summed E-state index contributed by atoms with van der Waals surface area (Å²) in [6.45, 7) is 4.22. The Kier molecular flexibility index (Phi) is 4.39. The third kappa shape index (κ3) is 3.18. The maximum Gasteiger partial charge on any atom is 0.273 e. The minimum Gasteiger partial charge on any atom is -0.358 e. The molecule has 26 heavy (non-hydrogen) atoms. The molecule has 0 unspecified atom stereocenters. The van der Waals surface area contributed by atoms with Gasteiger partial charge in [-0.2, -0.15) is 0 Å². The summed E-state index contributed by atoms with van der Waals surface area (Å²) in [4.78, 5) is 6.81. The summed E-state index contributed by atoms with van der Waals surface area (Å²) in [5.41, 5.74) is 5.92. The molecule has 130 valence electrons. The van der Waals surface area contributed by atoms with E-state index in [-0.39, 0.29) is 6.04 Å². The summed E-state index contributed by atoms with van der Waals surface area (Å²) in [6, 6.07) is 20.6. The van der Waals surface area contributed by atoms with Crippen LogP contribution in [0.4, 0.5) is 5.82 Å². The van der Waals surface area contributed by atoms with Crippen LogP contribution < -0.4 is 10.3 Å². The molecule has 0 fully saturated rings. The van der Waals surface area contributed by atoms with Crippen molar-refractivity contribution in [3.63, 3.8) is 0 Å². The Bertz CT molecular complexity index is 1050. The van der Waals surface area contributed by atoms with Crippen LogP contribution in [0.2, 0.25) is 5.02 Å². The van der Waals surface area contributed by atoms with Crippen LogP contribution in [0.25, 0.3) is 10.9 Å². The predicted octanol–water partition coefficient (Wildman–Crippen LogP) is 5.45. The largest absolute Gasteiger partial charge is 0.358 e. The quantitative estimate of drug-likeness (QED) is 0.497. The Labute approximate surface area is 158 Å². The molecule has 2 heterocycles. The molecule has 0 amide bonds. The number of fused-ring (bicyclic) bond motifs is 1. The van der Waals surface area contributed by atoms with E-state index in [0.29, 0.717) is 0 Å². The monoisotopic (exact) mass is 362 g/mol. The number of benzene rings is 2. The third-order valence-corrected chi connectivity index (χ3v) is 4.94. The number of hydrogen-bond acceptors (Lipinski definition) is 1. The van der Waals surface area contributed by atoms with Crippen LogP contribution in [0.3, 0.4) is 0 Å². The van der Waals surface area contributed by atoms with E-state index in [4.69, 9.17) is 11.6 Å². The van der Waals surface area contributed by atoms with Gasteiger partial charge < -0.3 is 4.98 Å². The standard InChI is InChI=1S/C22H20ClN3/c1-14-11-12-24-20(13-14)26-22(16-7-9-17(23)10-8-16)21-15(2)25-19-6-4-3-5-18(19)21/h3-13,22,25H,1-2H3,(H,24,26)/p+1/t22-/m0/s1. The SMILES string of the molecule is Cc1cc[nH+]c(N[C@@H](c2ccc(Cl)cc2)c2c(C)[nH]c3ccccc23)c1. The molecule has 2 aromatic heterocycles. The molecular weight excluding hydrogens is 342 g/mol. The lowest BCUT2D eigenvalue weighted by molar-refractivity contribution is -0.361. The Morgan fingerprint density at radius 3 is 2.54 bits per heavy atom. The highest BCUT2D eigenvalue weighted by molar-refractivity contribution is 6.30. The van der Waals surface area contributed by atoms with Gasteiger partial charge in [0.15, 0.2) is 0 Å². The molecule has 0 radical (unpaired) electrons. The average molecular weight is 363 g/mol. The summed E-state index contributed by atoms with van der Waals surface area (Å²) >= 11 is 6.12. The fourth-order valence-electron chi connectivity index (χ4n) is 3.47. The molecular formula is C22H21ClN3+. The molecule has 4 aromatic rings. The van der Waals surface area contributed by atoms with Crippen LogP contribution in [-0.2, 0) is 0 Å². The van der Waals surface area contributed by atoms with Crippen LogP contribution in [0.5, 0.6) is 0 Å². The molecule has 0 spiro atoms. The zero-order chi connectivity index (χ0) is 18.1. The molecule has 0 saturated heterocycles. The van der Waals surface area contributed by atoms with Gasteiger partial charge in [0.2, 0.25) is 0 Å². The summed E-state index contributed by atoms with van der Waals surface area (Å²) < 4.78 is 0. The molecule has 3 nitrogen and oxygen atoms in total. The van der Waals surface area contributed by atoms with Crippen molar-refractivity contribution in [3.8, 4) is 0 Å². The highest BCUT2D eigenvalue weighted by Crippen LogP contribution is 2.34. The normalized spacial score (nSPS) is 12.3. The number of aromatic amines is 2. The molecule has 3 N–H and O–H groups in total. The number of para-hydroxylation sites is 1. The van der Waals surface area contributed by atoms with E-state index >= 15 is 0 Å². The number of aryl methyl sites for hydroxylation is 2. The molecule has 0 aliphatic carbocycles. The van der Waals surface area contributed by atoms with Gasteiger partial charge in [-0.3, -0.25) is 5.32 Å². The summed E-state index contributed by atoms with van der Waals surface area (Å²) in [5, 5.41) is 5.64. The van der Waals surface area contributed by atoms with Gasteiger partial charge in [0.05, 0.1) is 6.20 Å². The fourth-order valence-corrected chi connectivity index (χ4v) is 3.59. The van der Waals surface area contributed by atoms with Crippen LogP contribution >= 0.6 is 11.6 Å². The molecule has 4 rings (SSSR count). The first-order chi connectivity index (χ1) is 12.6. The lowest BCUT2D eigenvalue weighted by Crippen LogP contribution is -2.19. The van der Waals surface area contributed by atoms with Crippen LogP contribution in [0, 0.1) is 13.8 Å². The summed E-state index contributed by atoms with van der Waals surface area (Å²) in [7, 11) is 0. The molecule has 1 atom stereocenters. The summed E-state index contributed by atoms with van der Waals surface area (Å²) in [5.74, 6) is 0.981. The predicted molar refractivity (Wildman–Crippen MR) is 108 cm³/mol. The first-order valence-electron chi connectivity index (χ1n) is 8.69. The second kappa shape index (κ2) is 6.85. The van der Waals surface area contributed by atoms with Gasteiger partial charge in [0, 0.05) is 38.8 Å². The van der Waals surface area contributed by atoms with Crippen molar-refractivity contribution in [3.05, 3.63) is 94.3 Å². The maximum atomic E-state index is 6.12. The van der Waals surface area contributed by atoms with E-state index in [1.54, 1.807) is 0 Å². The Morgan fingerprint density at radius 1 is 1.00 bits per heavy atom. The average Bonchev–Trinajstić information content (AvgIpc) is 2.96. The third-order valence-electron chi connectivity index (χ3n) is 4.69. The van der Waals surface area contributed by atoms with Gasteiger partial charge in [-0.15, -0.1) is 0 Å². The van der Waals surface area contributed by atoms with Crippen LogP contribution in [-0.4, -0.2) is 4.98 Å². The minimum atomic E-state index is 0.00136. The van der Waals surface area contributed by atoms with E-state index in [2.05, 4.69) is 77.7 Å². The fraction of sp³-hybridized carbons (Fsp3) is 0.136. The number of hydrogen-bond donors (Lipinski definition) is 2. The van der Waals surface area contributed by atoms with Crippen molar-refractivity contribution in [1.29, 1.82) is 0 Å².